The van der Waals surface area contributed by atoms with Gasteiger partial charge in [0.1, 0.15) is 12.3 Å². The van der Waals surface area contributed by atoms with Crippen molar-refractivity contribution in [2.75, 3.05) is 25.6 Å². The van der Waals surface area contributed by atoms with Crippen molar-refractivity contribution >= 4 is 61.2 Å². The minimum absolute atomic E-state index is 0.0917. The summed E-state index contributed by atoms with van der Waals surface area (Å²) in [6, 6.07) is 6.66. The zero-order valence-corrected chi connectivity index (χ0v) is 18.8. The molecule has 1 saturated heterocycles. The maximum atomic E-state index is 12.5. The zero-order valence-electron chi connectivity index (χ0n) is 15.6. The van der Waals surface area contributed by atoms with Crippen LogP contribution in [0.15, 0.2) is 24.3 Å². The van der Waals surface area contributed by atoms with Gasteiger partial charge in [-0.05, 0) is 37.1 Å². The molecule has 3 rings (SSSR count). The van der Waals surface area contributed by atoms with E-state index in [0.717, 1.165) is 4.90 Å². The molecule has 1 aliphatic heterocycles. The summed E-state index contributed by atoms with van der Waals surface area (Å²) in [4.78, 5) is 50.2. The first kappa shape index (κ1) is 21.8. The highest BCUT2D eigenvalue weighted by Gasteiger charge is 2.52. The number of likely N-dealkylation sites (tertiary alicyclic amines) is 1. The first-order chi connectivity index (χ1) is 13.8. The topological polar surface area (TPSA) is 102 Å². The number of hydrogen-bond acceptors (Lipinski definition) is 6. The fourth-order valence-corrected chi connectivity index (χ4v) is 4.75. The molecular formula is C19H20Br2N2O6. The van der Waals surface area contributed by atoms with Crippen molar-refractivity contribution in [1.82, 2.24) is 4.90 Å². The van der Waals surface area contributed by atoms with Crippen molar-refractivity contribution < 1.29 is 28.7 Å². The average Bonchev–Trinajstić information content (AvgIpc) is 2.92. The Morgan fingerprint density at radius 3 is 2.14 bits per heavy atom. The van der Waals surface area contributed by atoms with Crippen LogP contribution in [-0.4, -0.2) is 58.5 Å². The first-order valence-corrected chi connectivity index (χ1v) is 10.9. The van der Waals surface area contributed by atoms with Crippen LogP contribution in [0, 0.1) is 11.8 Å². The summed E-state index contributed by atoms with van der Waals surface area (Å²) in [5, 5.41) is 2.58. The maximum Gasteiger partial charge on any atom is 0.326 e. The number of carbonyl (C=O) groups excluding carboxylic acids is 4. The van der Waals surface area contributed by atoms with Gasteiger partial charge in [0, 0.05) is 15.3 Å². The number of rotatable bonds is 6. The Bertz CT molecular complexity index is 787. The lowest BCUT2D eigenvalue weighted by molar-refractivity contribution is -0.154. The molecule has 1 heterocycles. The van der Waals surface area contributed by atoms with E-state index in [1.807, 2.05) is 0 Å². The Balaban J connectivity index is 1.49. The minimum Gasteiger partial charge on any atom is -0.497 e. The molecule has 10 heteroatoms. The first-order valence-electron chi connectivity index (χ1n) is 9.03. The lowest BCUT2D eigenvalue weighted by Gasteiger charge is -2.29. The number of carbonyl (C=O) groups is 4. The molecule has 0 aromatic heterocycles. The van der Waals surface area contributed by atoms with Crippen molar-refractivity contribution in [1.29, 1.82) is 0 Å². The quantitative estimate of drug-likeness (QED) is 0.342. The lowest BCUT2D eigenvalue weighted by atomic mass is 9.81. The number of esters is 1. The Labute approximate surface area is 184 Å². The summed E-state index contributed by atoms with van der Waals surface area (Å²) in [7, 11) is 1.54. The Kier molecular flexibility index (Phi) is 6.94. The van der Waals surface area contributed by atoms with Crippen LogP contribution >= 0.6 is 31.9 Å². The number of hydrogen-bond donors (Lipinski definition) is 1. The summed E-state index contributed by atoms with van der Waals surface area (Å²) in [5.74, 6) is -2.25. The van der Waals surface area contributed by atoms with Gasteiger partial charge in [-0.15, -0.1) is 0 Å². The summed E-state index contributed by atoms with van der Waals surface area (Å²) in [6.07, 6.45) is 1.06. The Hall–Kier alpha value is -1.94. The second-order valence-corrected chi connectivity index (χ2v) is 9.27. The maximum absolute atomic E-state index is 12.5. The predicted octanol–water partition coefficient (Wildman–Crippen LogP) is 2.10. The van der Waals surface area contributed by atoms with E-state index in [1.165, 1.54) is 7.11 Å². The summed E-state index contributed by atoms with van der Waals surface area (Å²) in [5.41, 5.74) is 0.523. The van der Waals surface area contributed by atoms with Crippen LogP contribution < -0.4 is 10.1 Å². The van der Waals surface area contributed by atoms with E-state index in [2.05, 4.69) is 37.2 Å². The molecule has 1 aliphatic carbocycles. The van der Waals surface area contributed by atoms with Crippen LogP contribution in [0.1, 0.15) is 12.8 Å². The molecule has 8 nitrogen and oxygen atoms in total. The lowest BCUT2D eigenvalue weighted by Crippen LogP contribution is -2.37. The molecule has 0 bridgehead atoms. The number of halogens is 2. The van der Waals surface area contributed by atoms with Crippen molar-refractivity contribution in [3.8, 4) is 5.75 Å². The van der Waals surface area contributed by atoms with Gasteiger partial charge in [-0.3, -0.25) is 24.1 Å². The van der Waals surface area contributed by atoms with Crippen molar-refractivity contribution in [2.24, 2.45) is 11.8 Å². The molecule has 1 saturated carbocycles. The number of anilines is 1. The number of benzene rings is 1. The van der Waals surface area contributed by atoms with Crippen LogP contribution in [0.25, 0.3) is 0 Å². The van der Waals surface area contributed by atoms with Crippen molar-refractivity contribution in [3.05, 3.63) is 24.3 Å². The number of imide groups is 1. The van der Waals surface area contributed by atoms with Gasteiger partial charge in [-0.25, -0.2) is 0 Å². The summed E-state index contributed by atoms with van der Waals surface area (Å²) >= 11 is 7.02. The SMILES string of the molecule is COc1ccc(NC(=O)COC(=O)CN2C(=O)[C@@H]3C[C@H](Br)[C@@H](Br)C[C@H]3C2=O)cc1. The van der Waals surface area contributed by atoms with E-state index in [9.17, 15) is 19.2 Å². The molecule has 29 heavy (non-hydrogen) atoms. The van der Waals surface area contributed by atoms with Gasteiger partial charge in [0.15, 0.2) is 6.61 Å². The number of ether oxygens (including phenoxy) is 2. The minimum atomic E-state index is -0.805. The molecular weight excluding hydrogens is 512 g/mol. The molecule has 3 amide bonds. The highest BCUT2D eigenvalue weighted by molar-refractivity contribution is 9.12. The molecule has 1 aromatic rings. The van der Waals surface area contributed by atoms with Gasteiger partial charge < -0.3 is 14.8 Å². The Morgan fingerprint density at radius 2 is 1.62 bits per heavy atom. The highest BCUT2D eigenvalue weighted by Crippen LogP contribution is 2.43. The van der Waals surface area contributed by atoms with Crippen LogP contribution in [0.5, 0.6) is 5.75 Å². The molecule has 2 aliphatic rings. The third-order valence-corrected chi connectivity index (χ3v) is 7.76. The number of amides is 3. The summed E-state index contributed by atoms with van der Waals surface area (Å²) in [6.45, 7) is -0.999. The standard InChI is InChI=1S/C19H20Br2N2O6/c1-28-11-4-2-10(3-5-11)22-16(24)9-29-17(25)8-23-18(26)12-6-14(20)15(21)7-13(12)19(23)27/h2-5,12-15H,6-9H2,1H3,(H,22,24)/t12-,13-,14+,15+/m1/s1. The number of nitrogens with one attached hydrogen (secondary N) is 1. The summed E-state index contributed by atoms with van der Waals surface area (Å²) < 4.78 is 9.97. The van der Waals surface area contributed by atoms with Gasteiger partial charge in [0.25, 0.3) is 5.91 Å². The predicted molar refractivity (Wildman–Crippen MR) is 111 cm³/mol. The average molecular weight is 532 g/mol. The number of nitrogens with zero attached hydrogens (tertiary/aromatic N) is 1. The Morgan fingerprint density at radius 1 is 1.07 bits per heavy atom. The second-order valence-electron chi connectivity index (χ2n) is 6.92. The van der Waals surface area contributed by atoms with Crippen LogP contribution in [0.4, 0.5) is 5.69 Å². The molecule has 0 radical (unpaired) electrons. The molecule has 4 atom stereocenters. The van der Waals surface area contributed by atoms with Gasteiger partial charge in [0.2, 0.25) is 11.8 Å². The van der Waals surface area contributed by atoms with E-state index >= 15 is 0 Å². The van der Waals surface area contributed by atoms with Gasteiger partial charge in [0.05, 0.1) is 18.9 Å². The number of alkyl halides is 2. The largest absolute Gasteiger partial charge is 0.497 e. The molecule has 0 spiro atoms. The smallest absolute Gasteiger partial charge is 0.326 e. The van der Waals surface area contributed by atoms with Crippen LogP contribution in [0.2, 0.25) is 0 Å². The van der Waals surface area contributed by atoms with Gasteiger partial charge in [-0.2, -0.15) is 0 Å². The van der Waals surface area contributed by atoms with E-state index < -0.39 is 36.9 Å². The fourth-order valence-electron chi connectivity index (χ4n) is 3.51. The molecule has 1 aromatic carbocycles. The van der Waals surface area contributed by atoms with Crippen molar-refractivity contribution in [2.45, 2.75) is 22.5 Å². The van der Waals surface area contributed by atoms with Crippen LogP contribution in [0.3, 0.4) is 0 Å². The van der Waals surface area contributed by atoms with Crippen LogP contribution in [-0.2, 0) is 23.9 Å². The number of methoxy groups -OCH3 is 1. The van der Waals surface area contributed by atoms with Crippen molar-refractivity contribution in [3.63, 3.8) is 0 Å². The zero-order chi connectivity index (χ0) is 21.1. The third kappa shape index (κ3) is 4.98. The molecule has 0 unspecified atom stereocenters. The second kappa shape index (κ2) is 9.25. The normalized spacial score (nSPS) is 26.1. The monoisotopic (exact) mass is 530 g/mol. The van der Waals surface area contributed by atoms with Gasteiger partial charge in [-0.1, -0.05) is 31.9 Å². The molecule has 2 fully saturated rings. The third-order valence-electron chi connectivity index (χ3n) is 5.03. The number of fused-ring (bicyclic) bond motifs is 1. The highest BCUT2D eigenvalue weighted by atomic mass is 79.9. The molecule has 156 valence electrons. The molecule has 1 N–H and O–H groups in total. The van der Waals surface area contributed by atoms with E-state index in [-0.39, 0.29) is 21.5 Å². The van der Waals surface area contributed by atoms with Gasteiger partial charge >= 0.3 is 5.97 Å². The van der Waals surface area contributed by atoms with E-state index in [1.54, 1.807) is 24.3 Å². The van der Waals surface area contributed by atoms with E-state index in [4.69, 9.17) is 9.47 Å². The van der Waals surface area contributed by atoms with E-state index in [0.29, 0.717) is 24.3 Å². The fraction of sp³-hybridized carbons (Fsp3) is 0.474.